The first kappa shape index (κ1) is 19.7. The number of ether oxygens (including phenoxy) is 2. The lowest BCUT2D eigenvalue weighted by Crippen LogP contribution is -2.27. The molecule has 6 nitrogen and oxygen atoms in total. The molecule has 1 N–H and O–H groups in total. The van der Waals surface area contributed by atoms with Crippen LogP contribution in [0.25, 0.3) is 0 Å². The van der Waals surface area contributed by atoms with Gasteiger partial charge in [0.2, 0.25) is 0 Å². The molecule has 0 bridgehead atoms. The topological polar surface area (TPSA) is 73.3 Å². The Hall–Kier alpha value is -2.63. The average molecular weight is 357 g/mol. The molecule has 6 heteroatoms. The van der Waals surface area contributed by atoms with Crippen molar-refractivity contribution in [2.24, 2.45) is 0 Å². The number of nitrogens with zero attached hydrogens (tertiary/aromatic N) is 2. The summed E-state index contributed by atoms with van der Waals surface area (Å²) in [7, 11) is 0. The zero-order valence-corrected chi connectivity index (χ0v) is 15.9. The summed E-state index contributed by atoms with van der Waals surface area (Å²) in [6.07, 6.45) is 4.90. The Bertz CT molecular complexity index is 717. The molecule has 0 fully saturated rings. The number of rotatable bonds is 9. The Labute approximate surface area is 155 Å². The van der Waals surface area contributed by atoms with E-state index in [4.69, 9.17) is 9.47 Å². The smallest absolute Gasteiger partial charge is 0.271 e. The van der Waals surface area contributed by atoms with Crippen LogP contribution >= 0.6 is 0 Å². The molecule has 1 atom stereocenters. The highest BCUT2D eigenvalue weighted by atomic mass is 16.5. The summed E-state index contributed by atoms with van der Waals surface area (Å²) >= 11 is 0. The van der Waals surface area contributed by atoms with Gasteiger partial charge >= 0.3 is 0 Å². The van der Waals surface area contributed by atoms with Gasteiger partial charge in [-0.25, -0.2) is 4.98 Å². The number of carbonyl (C=O) groups is 1. The summed E-state index contributed by atoms with van der Waals surface area (Å²) < 4.78 is 11.6. The van der Waals surface area contributed by atoms with Gasteiger partial charge in [-0.1, -0.05) is 19.9 Å². The minimum absolute atomic E-state index is 0.199. The van der Waals surface area contributed by atoms with Gasteiger partial charge in [-0.2, -0.15) is 0 Å². The molecule has 1 aromatic heterocycles. The molecule has 2 rings (SSSR count). The second-order valence-corrected chi connectivity index (χ2v) is 6.14. The van der Waals surface area contributed by atoms with Crippen molar-refractivity contribution < 1.29 is 14.3 Å². The van der Waals surface area contributed by atoms with E-state index in [1.807, 2.05) is 32.0 Å². The van der Waals surface area contributed by atoms with Gasteiger partial charge in [0, 0.05) is 6.20 Å². The fourth-order valence-electron chi connectivity index (χ4n) is 2.31. The Kier molecular flexibility index (Phi) is 7.38. The first-order valence-electron chi connectivity index (χ1n) is 9.04. The van der Waals surface area contributed by atoms with Crippen molar-refractivity contribution in [2.45, 2.75) is 46.6 Å². The lowest BCUT2D eigenvalue weighted by Gasteiger charge is -2.18. The maximum absolute atomic E-state index is 12.3. The Morgan fingerprint density at radius 3 is 2.38 bits per heavy atom. The number of aromatic nitrogens is 2. The number of nitrogens with one attached hydrogen (secondary N) is 1. The fraction of sp³-hybridized carbons (Fsp3) is 0.450. The van der Waals surface area contributed by atoms with E-state index in [0.717, 1.165) is 29.8 Å². The van der Waals surface area contributed by atoms with Crippen molar-refractivity contribution in [1.82, 2.24) is 15.3 Å². The molecule has 2 aromatic rings. The van der Waals surface area contributed by atoms with Gasteiger partial charge < -0.3 is 14.8 Å². The highest BCUT2D eigenvalue weighted by molar-refractivity contribution is 5.92. The molecule has 0 saturated heterocycles. The second-order valence-electron chi connectivity index (χ2n) is 6.14. The van der Waals surface area contributed by atoms with Crippen LogP contribution in [0.2, 0.25) is 0 Å². The van der Waals surface area contributed by atoms with E-state index in [0.29, 0.717) is 24.7 Å². The molecular weight excluding hydrogens is 330 g/mol. The predicted octanol–water partition coefficient (Wildman–Crippen LogP) is 3.85. The summed E-state index contributed by atoms with van der Waals surface area (Å²) in [6.45, 7) is 9.13. The van der Waals surface area contributed by atoms with Crippen LogP contribution in [0.3, 0.4) is 0 Å². The molecule has 1 heterocycles. The molecule has 140 valence electrons. The van der Waals surface area contributed by atoms with Crippen LogP contribution in [0.4, 0.5) is 0 Å². The number of hydrogen-bond acceptors (Lipinski definition) is 5. The maximum Gasteiger partial charge on any atom is 0.271 e. The van der Waals surface area contributed by atoms with E-state index in [1.165, 1.54) is 6.20 Å². The van der Waals surface area contributed by atoms with Crippen molar-refractivity contribution in [2.75, 3.05) is 13.2 Å². The highest BCUT2D eigenvalue weighted by Gasteiger charge is 2.15. The first-order chi connectivity index (χ1) is 12.5. The molecular formula is C20H27N3O3. The van der Waals surface area contributed by atoms with Gasteiger partial charge in [-0.3, -0.25) is 9.78 Å². The van der Waals surface area contributed by atoms with Crippen molar-refractivity contribution in [3.8, 4) is 11.5 Å². The summed E-state index contributed by atoms with van der Waals surface area (Å²) in [5.41, 5.74) is 2.01. The molecule has 0 radical (unpaired) electrons. The Morgan fingerprint density at radius 2 is 1.77 bits per heavy atom. The molecule has 0 aliphatic rings. The summed E-state index contributed by atoms with van der Waals surface area (Å²) in [4.78, 5) is 20.6. The summed E-state index contributed by atoms with van der Waals surface area (Å²) in [5, 5.41) is 2.94. The van der Waals surface area contributed by atoms with E-state index in [9.17, 15) is 4.79 Å². The molecule has 0 saturated carbocycles. The molecule has 0 aliphatic heterocycles. The number of benzene rings is 1. The molecule has 1 unspecified atom stereocenters. The van der Waals surface area contributed by atoms with Crippen LogP contribution in [0.5, 0.6) is 11.5 Å². The van der Waals surface area contributed by atoms with Gasteiger partial charge in [0.15, 0.2) is 11.5 Å². The third kappa shape index (κ3) is 5.44. The fourth-order valence-corrected chi connectivity index (χ4v) is 2.31. The molecule has 0 spiro atoms. The predicted molar refractivity (Wildman–Crippen MR) is 101 cm³/mol. The maximum atomic E-state index is 12.3. The van der Waals surface area contributed by atoms with Crippen LogP contribution in [0, 0.1) is 6.92 Å². The summed E-state index contributed by atoms with van der Waals surface area (Å²) in [5.74, 6) is 1.17. The van der Waals surface area contributed by atoms with Crippen molar-refractivity contribution in [3.05, 3.63) is 47.5 Å². The van der Waals surface area contributed by atoms with Crippen LogP contribution in [-0.2, 0) is 0 Å². The van der Waals surface area contributed by atoms with Crippen LogP contribution in [-0.4, -0.2) is 29.1 Å². The monoisotopic (exact) mass is 357 g/mol. The van der Waals surface area contributed by atoms with Gasteiger partial charge in [0.1, 0.15) is 5.69 Å². The van der Waals surface area contributed by atoms with Crippen LogP contribution in [0.1, 0.15) is 61.4 Å². The molecule has 1 amide bonds. The number of hydrogen-bond donors (Lipinski definition) is 1. The van der Waals surface area contributed by atoms with Gasteiger partial charge in [0.05, 0.1) is 31.1 Å². The largest absolute Gasteiger partial charge is 0.490 e. The van der Waals surface area contributed by atoms with E-state index in [2.05, 4.69) is 29.1 Å². The zero-order valence-electron chi connectivity index (χ0n) is 15.9. The van der Waals surface area contributed by atoms with Gasteiger partial charge in [-0.15, -0.1) is 0 Å². The average Bonchev–Trinajstić information content (AvgIpc) is 2.65. The number of carbonyl (C=O) groups excluding carboxylic acids is 1. The Balaban J connectivity index is 2.12. The first-order valence-corrected chi connectivity index (χ1v) is 9.04. The van der Waals surface area contributed by atoms with E-state index in [1.54, 1.807) is 6.20 Å². The molecule has 26 heavy (non-hydrogen) atoms. The molecule has 1 aromatic carbocycles. The number of amides is 1. The third-order valence-electron chi connectivity index (χ3n) is 3.75. The lowest BCUT2D eigenvalue weighted by molar-refractivity contribution is 0.0934. The van der Waals surface area contributed by atoms with E-state index < -0.39 is 0 Å². The van der Waals surface area contributed by atoms with Crippen LogP contribution in [0.15, 0.2) is 30.6 Å². The quantitative estimate of drug-likeness (QED) is 0.738. The zero-order chi connectivity index (χ0) is 18.9. The van der Waals surface area contributed by atoms with Gasteiger partial charge in [0.25, 0.3) is 5.91 Å². The van der Waals surface area contributed by atoms with E-state index >= 15 is 0 Å². The highest BCUT2D eigenvalue weighted by Crippen LogP contribution is 2.31. The minimum atomic E-state index is -0.257. The Morgan fingerprint density at radius 1 is 1.08 bits per heavy atom. The standard InChI is InChI=1S/C20H27N3O3/c1-5-9-25-18-8-7-16(11-19(18)26-10-6-2)15(4)23-20(24)17-13-21-14(3)12-22-17/h7-8,11-13,15H,5-6,9-10H2,1-4H3,(H,23,24). The van der Waals surface area contributed by atoms with E-state index in [-0.39, 0.29) is 11.9 Å². The SMILES string of the molecule is CCCOc1ccc(C(C)NC(=O)c2cnc(C)cn2)cc1OCCC. The molecule has 0 aliphatic carbocycles. The van der Waals surface area contributed by atoms with Gasteiger partial charge in [-0.05, 0) is 44.4 Å². The lowest BCUT2D eigenvalue weighted by atomic mass is 10.1. The minimum Gasteiger partial charge on any atom is -0.490 e. The van der Waals surface area contributed by atoms with Crippen molar-refractivity contribution >= 4 is 5.91 Å². The third-order valence-corrected chi connectivity index (χ3v) is 3.75. The second kappa shape index (κ2) is 9.75. The number of aryl methyl sites for hydroxylation is 1. The van der Waals surface area contributed by atoms with Crippen molar-refractivity contribution in [1.29, 1.82) is 0 Å². The van der Waals surface area contributed by atoms with Crippen LogP contribution < -0.4 is 14.8 Å². The summed E-state index contributed by atoms with van der Waals surface area (Å²) in [6, 6.07) is 5.56. The normalized spacial score (nSPS) is 11.7. The van der Waals surface area contributed by atoms with Crippen molar-refractivity contribution in [3.63, 3.8) is 0 Å².